The summed E-state index contributed by atoms with van der Waals surface area (Å²) in [5.74, 6) is 1.45. The number of carbonyl (C=O) groups excluding carboxylic acids is 1. The number of halogens is 1. The zero-order valence-electron chi connectivity index (χ0n) is 10.2. The summed E-state index contributed by atoms with van der Waals surface area (Å²) < 4.78 is 3.00. The van der Waals surface area contributed by atoms with Crippen molar-refractivity contribution in [3.05, 3.63) is 33.9 Å². The van der Waals surface area contributed by atoms with Gasteiger partial charge in [0.2, 0.25) is 5.91 Å². The van der Waals surface area contributed by atoms with Crippen LogP contribution in [0.15, 0.2) is 22.7 Å². The number of carbonyl (C=O) groups is 1. The smallest absolute Gasteiger partial charge is 0.228 e. The van der Waals surface area contributed by atoms with Gasteiger partial charge in [-0.25, -0.2) is 0 Å². The number of benzene rings is 1. The second kappa shape index (κ2) is 3.47. The van der Waals surface area contributed by atoms with Gasteiger partial charge in [-0.2, -0.15) is 0 Å². The number of fused-ring (bicyclic) bond motifs is 7. The third-order valence-corrected chi connectivity index (χ3v) is 5.04. The molecule has 0 saturated heterocycles. The van der Waals surface area contributed by atoms with Crippen LogP contribution >= 0.6 is 15.9 Å². The highest BCUT2D eigenvalue weighted by Gasteiger charge is 2.42. The van der Waals surface area contributed by atoms with Gasteiger partial charge in [0.1, 0.15) is 0 Å². The maximum absolute atomic E-state index is 12.0. The normalized spacial score (nSPS) is 24.8. The zero-order valence-corrected chi connectivity index (χ0v) is 11.8. The number of hydrogen-bond donors (Lipinski definition) is 0. The lowest BCUT2D eigenvalue weighted by atomic mass is 9.95. The van der Waals surface area contributed by atoms with Gasteiger partial charge in [-0.15, -0.1) is 0 Å². The van der Waals surface area contributed by atoms with E-state index in [-0.39, 0.29) is 5.91 Å². The molecule has 2 aliphatic carbocycles. The second-order valence-corrected chi connectivity index (χ2v) is 6.44. The molecular weight excluding hydrogens is 290 g/mol. The highest BCUT2D eigenvalue weighted by atomic mass is 79.9. The summed E-state index contributed by atoms with van der Waals surface area (Å²) in [4.78, 5) is 12.0. The zero-order chi connectivity index (χ0) is 12.4. The van der Waals surface area contributed by atoms with Crippen molar-refractivity contribution in [3.8, 4) is 0 Å². The molecule has 2 bridgehead atoms. The van der Waals surface area contributed by atoms with Crippen LogP contribution < -0.4 is 0 Å². The SMILES string of the molecule is CC(=O)n1c2c(c3ccc(Br)cc31)C1CCC2C1. The van der Waals surface area contributed by atoms with Gasteiger partial charge in [-0.3, -0.25) is 9.36 Å². The molecule has 2 nitrogen and oxygen atoms in total. The van der Waals surface area contributed by atoms with Gasteiger partial charge < -0.3 is 0 Å². The predicted molar refractivity (Wildman–Crippen MR) is 75.3 cm³/mol. The van der Waals surface area contributed by atoms with E-state index < -0.39 is 0 Å². The highest BCUT2D eigenvalue weighted by Crippen LogP contribution is 2.56. The van der Waals surface area contributed by atoms with Gasteiger partial charge in [0.15, 0.2) is 0 Å². The molecule has 1 aromatic carbocycles. The van der Waals surface area contributed by atoms with Gasteiger partial charge in [0.05, 0.1) is 5.52 Å². The Morgan fingerprint density at radius 2 is 2.11 bits per heavy atom. The van der Waals surface area contributed by atoms with Crippen molar-refractivity contribution in [3.63, 3.8) is 0 Å². The lowest BCUT2D eigenvalue weighted by Gasteiger charge is -2.13. The summed E-state index contributed by atoms with van der Waals surface area (Å²) in [5.41, 5.74) is 3.86. The van der Waals surface area contributed by atoms with Crippen LogP contribution in [-0.4, -0.2) is 10.5 Å². The second-order valence-electron chi connectivity index (χ2n) is 5.52. The van der Waals surface area contributed by atoms with E-state index in [0.717, 1.165) is 9.99 Å². The van der Waals surface area contributed by atoms with E-state index in [1.807, 2.05) is 4.57 Å². The Morgan fingerprint density at radius 1 is 1.33 bits per heavy atom. The average molecular weight is 304 g/mol. The standard InChI is InChI=1S/C15H14BrNO/c1-8(18)17-13-7-11(16)4-5-12(13)14-9-2-3-10(6-9)15(14)17/h4-5,7,9-10H,2-3,6H2,1H3. The molecule has 0 amide bonds. The first-order valence-corrected chi connectivity index (χ1v) is 7.31. The third-order valence-electron chi connectivity index (χ3n) is 4.55. The molecule has 1 aromatic heterocycles. The Bertz CT molecular complexity index is 685. The van der Waals surface area contributed by atoms with Crippen molar-refractivity contribution in [2.45, 2.75) is 38.0 Å². The Labute approximate surface area is 114 Å². The van der Waals surface area contributed by atoms with Crippen LogP contribution in [0.2, 0.25) is 0 Å². The van der Waals surface area contributed by atoms with E-state index in [0.29, 0.717) is 11.8 Å². The average Bonchev–Trinajstić information content (AvgIpc) is 2.96. The van der Waals surface area contributed by atoms with Crippen LogP contribution in [0.1, 0.15) is 54.1 Å². The third kappa shape index (κ3) is 1.21. The fourth-order valence-electron chi connectivity index (χ4n) is 3.97. The van der Waals surface area contributed by atoms with E-state index in [1.165, 1.54) is 35.9 Å². The van der Waals surface area contributed by atoms with Crippen molar-refractivity contribution in [2.24, 2.45) is 0 Å². The highest BCUT2D eigenvalue weighted by molar-refractivity contribution is 9.10. The van der Waals surface area contributed by atoms with Gasteiger partial charge in [0.25, 0.3) is 0 Å². The summed E-state index contributed by atoms with van der Waals surface area (Å²) >= 11 is 3.51. The van der Waals surface area contributed by atoms with E-state index in [9.17, 15) is 4.79 Å². The Morgan fingerprint density at radius 3 is 2.89 bits per heavy atom. The molecule has 0 aliphatic heterocycles. The first kappa shape index (κ1) is 10.8. The summed E-state index contributed by atoms with van der Waals surface area (Å²) in [6.45, 7) is 1.67. The van der Waals surface area contributed by atoms with Crippen molar-refractivity contribution >= 4 is 32.7 Å². The molecule has 4 rings (SSSR count). The van der Waals surface area contributed by atoms with Gasteiger partial charge in [-0.05, 0) is 42.9 Å². The van der Waals surface area contributed by atoms with Gasteiger partial charge >= 0.3 is 0 Å². The molecule has 1 fully saturated rings. The number of aromatic nitrogens is 1. The number of rotatable bonds is 0. The Kier molecular flexibility index (Phi) is 2.08. The summed E-state index contributed by atoms with van der Waals surface area (Å²) in [6.07, 6.45) is 3.80. The van der Waals surface area contributed by atoms with Crippen LogP contribution in [-0.2, 0) is 0 Å². The lowest BCUT2D eigenvalue weighted by molar-refractivity contribution is 0.0937. The first-order valence-electron chi connectivity index (χ1n) is 6.51. The quantitative estimate of drug-likeness (QED) is 0.706. The van der Waals surface area contributed by atoms with Crippen LogP contribution in [0.4, 0.5) is 0 Å². The minimum atomic E-state index is 0.145. The van der Waals surface area contributed by atoms with Crippen LogP contribution in [0.25, 0.3) is 10.9 Å². The molecule has 3 heteroatoms. The summed E-state index contributed by atoms with van der Waals surface area (Å²) in [5, 5.41) is 1.29. The lowest BCUT2D eigenvalue weighted by Crippen LogP contribution is -2.11. The molecule has 2 unspecified atom stereocenters. The molecule has 0 spiro atoms. The molecule has 2 atom stereocenters. The van der Waals surface area contributed by atoms with Crippen LogP contribution in [0, 0.1) is 0 Å². The van der Waals surface area contributed by atoms with Crippen molar-refractivity contribution in [2.75, 3.05) is 0 Å². The fraction of sp³-hybridized carbons (Fsp3) is 0.400. The largest absolute Gasteiger partial charge is 0.284 e. The fourth-order valence-corrected chi connectivity index (χ4v) is 4.32. The minimum absolute atomic E-state index is 0.145. The molecule has 0 radical (unpaired) electrons. The maximum Gasteiger partial charge on any atom is 0.228 e. The van der Waals surface area contributed by atoms with Gasteiger partial charge in [0, 0.05) is 28.4 Å². The van der Waals surface area contributed by atoms with Gasteiger partial charge in [-0.1, -0.05) is 22.0 Å². The topological polar surface area (TPSA) is 22.0 Å². The summed E-state index contributed by atoms with van der Waals surface area (Å²) in [6, 6.07) is 6.33. The van der Waals surface area contributed by atoms with E-state index in [2.05, 4.69) is 34.1 Å². The summed E-state index contributed by atoms with van der Waals surface area (Å²) in [7, 11) is 0. The molecule has 2 aliphatic rings. The molecule has 2 aromatic rings. The van der Waals surface area contributed by atoms with E-state index in [1.54, 1.807) is 6.92 Å². The Hall–Kier alpha value is -1.09. The Balaban J connectivity index is 2.16. The maximum atomic E-state index is 12.0. The van der Waals surface area contributed by atoms with Crippen molar-refractivity contribution in [1.29, 1.82) is 0 Å². The van der Waals surface area contributed by atoms with Crippen LogP contribution in [0.3, 0.4) is 0 Å². The van der Waals surface area contributed by atoms with E-state index in [4.69, 9.17) is 0 Å². The van der Waals surface area contributed by atoms with Crippen molar-refractivity contribution in [1.82, 2.24) is 4.57 Å². The molecule has 1 heterocycles. The monoisotopic (exact) mass is 303 g/mol. The minimum Gasteiger partial charge on any atom is -0.284 e. The molecular formula is C15H14BrNO. The first-order chi connectivity index (χ1) is 8.66. The van der Waals surface area contributed by atoms with Crippen molar-refractivity contribution < 1.29 is 4.79 Å². The number of nitrogens with zero attached hydrogens (tertiary/aromatic N) is 1. The molecule has 0 N–H and O–H groups in total. The number of hydrogen-bond acceptors (Lipinski definition) is 1. The molecule has 92 valence electrons. The molecule has 1 saturated carbocycles. The molecule has 18 heavy (non-hydrogen) atoms. The van der Waals surface area contributed by atoms with E-state index >= 15 is 0 Å². The predicted octanol–water partition coefficient (Wildman–Crippen LogP) is 4.43. The van der Waals surface area contributed by atoms with Crippen LogP contribution in [0.5, 0.6) is 0 Å².